The predicted molar refractivity (Wildman–Crippen MR) is 121 cm³/mol. The van der Waals surface area contributed by atoms with E-state index in [-0.39, 0.29) is 12.6 Å². The molecule has 33 heavy (non-hydrogen) atoms. The molecule has 2 aromatic rings. The molecule has 1 aliphatic heterocycles. The van der Waals surface area contributed by atoms with Gasteiger partial charge in [0.2, 0.25) is 0 Å². The third-order valence-corrected chi connectivity index (χ3v) is 5.37. The Bertz CT molecular complexity index is 1030. The summed E-state index contributed by atoms with van der Waals surface area (Å²) in [4.78, 5) is 27.6. The van der Waals surface area contributed by atoms with Crippen molar-refractivity contribution in [2.75, 3.05) is 34.4 Å². The molecule has 2 amide bonds. The van der Waals surface area contributed by atoms with Gasteiger partial charge in [-0.05, 0) is 37.7 Å². The molecule has 0 radical (unpaired) electrons. The molecule has 0 bridgehead atoms. The number of aryl methyl sites for hydroxylation is 1. The number of esters is 1. The number of likely N-dealkylation sites (N-methyl/N-ethyl adjacent to an activating group) is 1. The normalized spacial score (nSPS) is 15.9. The molecule has 2 N–H and O–H groups in total. The lowest BCUT2D eigenvalue weighted by atomic mass is 9.93. The molecule has 0 fully saturated rings. The number of benzene rings is 1. The van der Waals surface area contributed by atoms with Crippen molar-refractivity contribution in [2.24, 2.45) is 7.05 Å². The molecule has 0 saturated carbocycles. The molecule has 0 aliphatic carbocycles. The number of ether oxygens (including phenoxy) is 3. The first-order chi connectivity index (χ1) is 15.9. The third kappa shape index (κ3) is 5.71. The van der Waals surface area contributed by atoms with E-state index in [0.29, 0.717) is 36.7 Å². The summed E-state index contributed by atoms with van der Waals surface area (Å²) >= 11 is 0. The smallest absolute Gasteiger partial charge is 0.338 e. The quantitative estimate of drug-likeness (QED) is 0.525. The van der Waals surface area contributed by atoms with Gasteiger partial charge in [-0.2, -0.15) is 5.10 Å². The molecule has 0 unspecified atom stereocenters. The molecule has 0 spiro atoms. The summed E-state index contributed by atoms with van der Waals surface area (Å²) in [5, 5.41) is 9.86. The topological polar surface area (TPSA) is 107 Å². The van der Waals surface area contributed by atoms with E-state index in [0.717, 1.165) is 16.8 Å². The summed E-state index contributed by atoms with van der Waals surface area (Å²) in [6.45, 7) is 3.23. The number of methoxy groups -OCH3 is 2. The summed E-state index contributed by atoms with van der Waals surface area (Å²) in [6.07, 6.45) is 1.73. The number of nitrogens with zero attached hydrogens (tertiary/aromatic N) is 3. The summed E-state index contributed by atoms with van der Waals surface area (Å²) in [5.41, 5.74) is 3.40. The van der Waals surface area contributed by atoms with Crippen molar-refractivity contribution in [3.05, 3.63) is 58.6 Å². The van der Waals surface area contributed by atoms with Gasteiger partial charge in [-0.15, -0.1) is 0 Å². The van der Waals surface area contributed by atoms with Gasteiger partial charge in [0.25, 0.3) is 0 Å². The van der Waals surface area contributed by atoms with Gasteiger partial charge < -0.3 is 24.8 Å². The minimum atomic E-state index is -0.681. The van der Waals surface area contributed by atoms with E-state index in [9.17, 15) is 9.59 Å². The molecule has 1 aromatic carbocycles. The first-order valence-electron chi connectivity index (χ1n) is 10.7. The van der Waals surface area contributed by atoms with Gasteiger partial charge in [0.1, 0.15) is 5.75 Å². The second-order valence-corrected chi connectivity index (χ2v) is 7.77. The van der Waals surface area contributed by atoms with Crippen LogP contribution < -0.4 is 15.4 Å². The fourth-order valence-corrected chi connectivity index (χ4v) is 3.85. The number of carbonyl (C=O) groups is 2. The van der Waals surface area contributed by atoms with Crippen LogP contribution in [-0.2, 0) is 34.5 Å². The van der Waals surface area contributed by atoms with E-state index in [1.54, 1.807) is 38.1 Å². The summed E-state index contributed by atoms with van der Waals surface area (Å²) < 4.78 is 17.8. The highest BCUT2D eigenvalue weighted by molar-refractivity contribution is 5.95. The summed E-state index contributed by atoms with van der Waals surface area (Å²) in [7, 11) is 6.96. The molecular formula is C23H31N5O5. The van der Waals surface area contributed by atoms with Gasteiger partial charge in [0.05, 0.1) is 37.6 Å². The van der Waals surface area contributed by atoms with Crippen molar-refractivity contribution in [1.29, 1.82) is 0 Å². The van der Waals surface area contributed by atoms with E-state index < -0.39 is 12.0 Å². The number of hydrogen-bond donors (Lipinski definition) is 2. The average molecular weight is 458 g/mol. The van der Waals surface area contributed by atoms with Crippen LogP contribution in [0.1, 0.15) is 29.8 Å². The van der Waals surface area contributed by atoms with Crippen LogP contribution in [0.4, 0.5) is 4.79 Å². The Morgan fingerprint density at radius 1 is 1.24 bits per heavy atom. The first kappa shape index (κ1) is 24.3. The maximum absolute atomic E-state index is 13.0. The molecule has 10 heteroatoms. The Morgan fingerprint density at radius 2 is 2.03 bits per heavy atom. The lowest BCUT2D eigenvalue weighted by Crippen LogP contribution is -2.48. The van der Waals surface area contributed by atoms with Gasteiger partial charge in [0, 0.05) is 44.7 Å². The number of amides is 2. The number of hydrogen-bond acceptors (Lipinski definition) is 7. The molecule has 1 aromatic heterocycles. The largest absolute Gasteiger partial charge is 0.496 e. The fraction of sp³-hybridized carbons (Fsp3) is 0.435. The zero-order valence-corrected chi connectivity index (χ0v) is 19.7. The maximum Gasteiger partial charge on any atom is 0.338 e. The SMILES string of the molecule is CCOC(=O)C1=C(CN(C)Cc2ccnn2C)NC(=O)N[C@H]1c1ccc(OC)c(COC)c1. The van der Waals surface area contributed by atoms with Gasteiger partial charge in [-0.25, -0.2) is 9.59 Å². The Labute approximate surface area is 193 Å². The van der Waals surface area contributed by atoms with E-state index >= 15 is 0 Å². The standard InChI is InChI=1S/C23H31N5O5/c1-6-33-22(29)20-18(13-27(2)12-17-9-10-24-28(17)3)25-23(30)26-21(20)15-7-8-19(32-5)16(11-15)14-31-4/h7-11,21H,6,12-14H2,1-5H3,(H2,25,26,30)/t21-/m0/s1. The maximum atomic E-state index is 13.0. The second kappa shape index (κ2) is 11.0. The van der Waals surface area contributed by atoms with Crippen molar-refractivity contribution in [3.63, 3.8) is 0 Å². The van der Waals surface area contributed by atoms with Gasteiger partial charge in [-0.3, -0.25) is 9.58 Å². The lowest BCUT2D eigenvalue weighted by molar-refractivity contribution is -0.139. The van der Waals surface area contributed by atoms with E-state index in [1.807, 2.05) is 37.2 Å². The number of carbonyl (C=O) groups excluding carboxylic acids is 2. The average Bonchev–Trinajstić information content (AvgIpc) is 3.17. The predicted octanol–water partition coefficient (Wildman–Crippen LogP) is 1.88. The van der Waals surface area contributed by atoms with Crippen LogP contribution in [-0.4, -0.2) is 61.1 Å². The van der Waals surface area contributed by atoms with Crippen molar-refractivity contribution < 1.29 is 23.8 Å². The molecule has 1 atom stereocenters. The monoisotopic (exact) mass is 457 g/mol. The van der Waals surface area contributed by atoms with Crippen LogP contribution in [0, 0.1) is 0 Å². The number of aromatic nitrogens is 2. The first-order valence-corrected chi connectivity index (χ1v) is 10.7. The third-order valence-electron chi connectivity index (χ3n) is 5.37. The van der Waals surface area contributed by atoms with Gasteiger partial charge >= 0.3 is 12.0 Å². The highest BCUT2D eigenvalue weighted by Crippen LogP contribution is 2.31. The van der Waals surface area contributed by atoms with Crippen LogP contribution in [0.5, 0.6) is 5.75 Å². The van der Waals surface area contributed by atoms with Crippen LogP contribution in [0.2, 0.25) is 0 Å². The number of rotatable bonds is 10. The highest BCUT2D eigenvalue weighted by atomic mass is 16.5. The van der Waals surface area contributed by atoms with Crippen LogP contribution >= 0.6 is 0 Å². The molecule has 1 aliphatic rings. The Balaban J connectivity index is 1.99. The lowest BCUT2D eigenvalue weighted by Gasteiger charge is -2.31. The molecule has 10 nitrogen and oxygen atoms in total. The summed E-state index contributed by atoms with van der Waals surface area (Å²) in [5.74, 6) is 0.182. The molecule has 2 heterocycles. The van der Waals surface area contributed by atoms with E-state index in [2.05, 4.69) is 15.7 Å². The zero-order chi connectivity index (χ0) is 24.0. The van der Waals surface area contributed by atoms with Crippen molar-refractivity contribution in [2.45, 2.75) is 26.1 Å². The molecule has 3 rings (SSSR count). The van der Waals surface area contributed by atoms with Gasteiger partial charge in [0.15, 0.2) is 0 Å². The van der Waals surface area contributed by atoms with Gasteiger partial charge in [-0.1, -0.05) is 6.07 Å². The molecule has 178 valence electrons. The number of urea groups is 1. The van der Waals surface area contributed by atoms with Crippen LogP contribution in [0.15, 0.2) is 41.7 Å². The highest BCUT2D eigenvalue weighted by Gasteiger charge is 2.34. The van der Waals surface area contributed by atoms with Crippen molar-refractivity contribution >= 4 is 12.0 Å². The van der Waals surface area contributed by atoms with E-state index in [4.69, 9.17) is 14.2 Å². The molecule has 0 saturated heterocycles. The van der Waals surface area contributed by atoms with E-state index in [1.165, 1.54) is 0 Å². The zero-order valence-electron chi connectivity index (χ0n) is 19.7. The Kier molecular flexibility index (Phi) is 8.07. The van der Waals surface area contributed by atoms with Crippen LogP contribution in [0.25, 0.3) is 0 Å². The minimum absolute atomic E-state index is 0.221. The molecular weight excluding hydrogens is 426 g/mol. The Morgan fingerprint density at radius 3 is 2.67 bits per heavy atom. The van der Waals surface area contributed by atoms with Crippen LogP contribution in [0.3, 0.4) is 0 Å². The number of nitrogens with one attached hydrogen (secondary N) is 2. The van der Waals surface area contributed by atoms with Crippen molar-refractivity contribution in [3.8, 4) is 5.75 Å². The Hall–Kier alpha value is -3.37. The second-order valence-electron chi connectivity index (χ2n) is 7.77. The minimum Gasteiger partial charge on any atom is -0.496 e. The van der Waals surface area contributed by atoms with Crippen molar-refractivity contribution in [1.82, 2.24) is 25.3 Å². The summed E-state index contributed by atoms with van der Waals surface area (Å²) in [6, 6.07) is 6.35. The fourth-order valence-electron chi connectivity index (χ4n) is 3.85.